The second kappa shape index (κ2) is 11.1. The number of rotatable bonds is 7. The summed E-state index contributed by atoms with van der Waals surface area (Å²) in [6.07, 6.45) is 5.21. The van der Waals surface area contributed by atoms with E-state index in [0.29, 0.717) is 17.2 Å². The molecule has 8 nitrogen and oxygen atoms in total. The van der Waals surface area contributed by atoms with Crippen molar-refractivity contribution in [3.63, 3.8) is 0 Å². The van der Waals surface area contributed by atoms with Crippen LogP contribution in [0.4, 0.5) is 17.3 Å². The van der Waals surface area contributed by atoms with Crippen molar-refractivity contribution in [2.75, 3.05) is 36.9 Å². The second-order valence-electron chi connectivity index (χ2n) is 8.70. The van der Waals surface area contributed by atoms with Gasteiger partial charge in [-0.25, -0.2) is 9.97 Å². The number of carbonyl (C=O) groups is 1. The van der Waals surface area contributed by atoms with Crippen LogP contribution < -0.4 is 10.6 Å². The predicted octanol–water partition coefficient (Wildman–Crippen LogP) is 4.68. The Hall–Kier alpha value is -4.14. The molecule has 1 fully saturated rings. The fraction of sp³-hybridized carbons (Fsp3) is 0.214. The molecule has 1 aliphatic rings. The number of morpholine rings is 1. The Kier molecular flexibility index (Phi) is 7.25. The van der Waals surface area contributed by atoms with Gasteiger partial charge in [-0.1, -0.05) is 18.2 Å². The molecule has 0 atom stereocenters. The molecule has 2 aromatic heterocycles. The summed E-state index contributed by atoms with van der Waals surface area (Å²) < 4.78 is 5.41. The van der Waals surface area contributed by atoms with Crippen molar-refractivity contribution in [3.05, 3.63) is 95.9 Å². The Balaban J connectivity index is 1.25. The van der Waals surface area contributed by atoms with Gasteiger partial charge in [0.05, 0.1) is 18.9 Å². The van der Waals surface area contributed by atoms with Gasteiger partial charge in [0.2, 0.25) is 5.95 Å². The fourth-order valence-electron chi connectivity index (χ4n) is 4.03. The van der Waals surface area contributed by atoms with Crippen molar-refractivity contribution < 1.29 is 9.53 Å². The van der Waals surface area contributed by atoms with Gasteiger partial charge in [-0.05, 0) is 60.5 Å². The zero-order valence-electron chi connectivity index (χ0n) is 20.1. The minimum absolute atomic E-state index is 0.155. The SMILES string of the molecule is Cc1ccc(NC(=O)c2ccc(CN3CCOCC3)cc2)cc1Nc1nccc(-c2cccnc2)n1. The normalized spacial score (nSPS) is 13.8. The molecular formula is C28H28N6O2. The van der Waals surface area contributed by atoms with Crippen LogP contribution in [0.15, 0.2) is 79.3 Å². The highest BCUT2D eigenvalue weighted by Crippen LogP contribution is 2.24. The van der Waals surface area contributed by atoms with Crippen molar-refractivity contribution in [1.29, 1.82) is 0 Å². The van der Waals surface area contributed by atoms with Crippen LogP contribution in [0.3, 0.4) is 0 Å². The molecule has 8 heteroatoms. The lowest BCUT2D eigenvalue weighted by molar-refractivity contribution is 0.0342. The van der Waals surface area contributed by atoms with Gasteiger partial charge in [-0.2, -0.15) is 0 Å². The third kappa shape index (κ3) is 5.91. The van der Waals surface area contributed by atoms with Gasteiger partial charge in [-0.15, -0.1) is 0 Å². The largest absolute Gasteiger partial charge is 0.379 e. The summed E-state index contributed by atoms with van der Waals surface area (Å²) in [5.41, 5.74) is 6.00. The van der Waals surface area contributed by atoms with E-state index < -0.39 is 0 Å². The highest BCUT2D eigenvalue weighted by atomic mass is 16.5. The maximum absolute atomic E-state index is 12.9. The Labute approximate surface area is 210 Å². The minimum atomic E-state index is -0.155. The van der Waals surface area contributed by atoms with E-state index >= 15 is 0 Å². The zero-order chi connectivity index (χ0) is 24.7. The second-order valence-corrected chi connectivity index (χ2v) is 8.70. The maximum atomic E-state index is 12.9. The molecule has 0 bridgehead atoms. The van der Waals surface area contributed by atoms with Crippen LogP contribution in [0.1, 0.15) is 21.5 Å². The summed E-state index contributed by atoms with van der Waals surface area (Å²) in [4.78, 5) is 28.4. The monoisotopic (exact) mass is 480 g/mol. The lowest BCUT2D eigenvalue weighted by atomic mass is 10.1. The number of aryl methyl sites for hydroxylation is 1. The standard InChI is InChI=1S/C28H28N6O2/c1-20-4-9-24(17-26(20)33-28-30-12-10-25(32-28)23-3-2-11-29-18-23)31-27(35)22-7-5-21(6-8-22)19-34-13-15-36-16-14-34/h2-12,17-18H,13-16,19H2,1H3,(H,31,35)(H,30,32,33). The van der Waals surface area contributed by atoms with E-state index in [1.807, 2.05) is 67.6 Å². The molecule has 2 N–H and O–H groups in total. The number of ether oxygens (including phenoxy) is 1. The first-order valence-corrected chi connectivity index (χ1v) is 12.0. The van der Waals surface area contributed by atoms with Gasteiger partial charge in [-0.3, -0.25) is 14.7 Å². The van der Waals surface area contributed by atoms with Crippen LogP contribution in [0.2, 0.25) is 0 Å². The van der Waals surface area contributed by atoms with E-state index in [2.05, 4.69) is 30.5 Å². The lowest BCUT2D eigenvalue weighted by Gasteiger charge is -2.26. The predicted molar refractivity (Wildman–Crippen MR) is 140 cm³/mol. The van der Waals surface area contributed by atoms with E-state index in [1.165, 1.54) is 5.56 Å². The number of nitrogens with one attached hydrogen (secondary N) is 2. The fourth-order valence-corrected chi connectivity index (χ4v) is 4.03. The van der Waals surface area contributed by atoms with Crippen LogP contribution in [0.5, 0.6) is 0 Å². The van der Waals surface area contributed by atoms with Gasteiger partial charge < -0.3 is 15.4 Å². The summed E-state index contributed by atoms with van der Waals surface area (Å²) in [5.74, 6) is 0.316. The Morgan fingerprint density at radius 3 is 2.64 bits per heavy atom. The summed E-state index contributed by atoms with van der Waals surface area (Å²) in [5, 5.41) is 6.27. The van der Waals surface area contributed by atoms with Crippen molar-refractivity contribution in [3.8, 4) is 11.3 Å². The molecular weight excluding hydrogens is 452 g/mol. The summed E-state index contributed by atoms with van der Waals surface area (Å²) in [6, 6.07) is 19.2. The van der Waals surface area contributed by atoms with Crippen LogP contribution in [0.25, 0.3) is 11.3 Å². The van der Waals surface area contributed by atoms with Crippen LogP contribution in [-0.2, 0) is 11.3 Å². The van der Waals surface area contributed by atoms with Gasteiger partial charge in [0.15, 0.2) is 0 Å². The summed E-state index contributed by atoms with van der Waals surface area (Å²) >= 11 is 0. The average molecular weight is 481 g/mol. The number of hydrogen-bond donors (Lipinski definition) is 2. The van der Waals surface area contributed by atoms with E-state index in [9.17, 15) is 4.79 Å². The van der Waals surface area contributed by atoms with E-state index in [-0.39, 0.29) is 5.91 Å². The van der Waals surface area contributed by atoms with Crippen molar-refractivity contribution in [2.24, 2.45) is 0 Å². The molecule has 0 saturated carbocycles. The molecule has 182 valence electrons. The minimum Gasteiger partial charge on any atom is -0.379 e. The molecule has 1 aliphatic heterocycles. The molecule has 5 rings (SSSR count). The summed E-state index contributed by atoms with van der Waals surface area (Å²) in [6.45, 7) is 6.27. The topological polar surface area (TPSA) is 92.3 Å². The van der Waals surface area contributed by atoms with Crippen molar-refractivity contribution >= 4 is 23.2 Å². The molecule has 2 aromatic carbocycles. The van der Waals surface area contributed by atoms with E-state index in [0.717, 1.165) is 55.4 Å². The molecule has 1 amide bonds. The number of pyridine rings is 1. The molecule has 0 unspecified atom stereocenters. The number of amides is 1. The van der Waals surface area contributed by atoms with Crippen molar-refractivity contribution in [1.82, 2.24) is 19.9 Å². The molecule has 3 heterocycles. The Morgan fingerprint density at radius 1 is 1.03 bits per heavy atom. The maximum Gasteiger partial charge on any atom is 0.255 e. The number of benzene rings is 2. The van der Waals surface area contributed by atoms with Gasteiger partial charge in [0.25, 0.3) is 5.91 Å². The Bertz CT molecular complexity index is 1320. The van der Waals surface area contributed by atoms with Crippen molar-refractivity contribution in [2.45, 2.75) is 13.5 Å². The first kappa shape index (κ1) is 23.6. The number of aromatic nitrogens is 3. The molecule has 36 heavy (non-hydrogen) atoms. The summed E-state index contributed by atoms with van der Waals surface area (Å²) in [7, 11) is 0. The Morgan fingerprint density at radius 2 is 1.86 bits per heavy atom. The van der Waals surface area contributed by atoms with Crippen LogP contribution in [0, 0.1) is 6.92 Å². The molecule has 1 saturated heterocycles. The third-order valence-electron chi connectivity index (χ3n) is 6.08. The first-order valence-electron chi connectivity index (χ1n) is 12.0. The van der Waals surface area contributed by atoms with Gasteiger partial charge in [0.1, 0.15) is 0 Å². The van der Waals surface area contributed by atoms with E-state index in [4.69, 9.17) is 4.74 Å². The number of hydrogen-bond acceptors (Lipinski definition) is 7. The first-order chi connectivity index (χ1) is 17.6. The van der Waals surface area contributed by atoms with Gasteiger partial charge in [0, 0.05) is 60.7 Å². The number of carbonyl (C=O) groups excluding carboxylic acids is 1. The van der Waals surface area contributed by atoms with Crippen LogP contribution >= 0.6 is 0 Å². The van der Waals surface area contributed by atoms with E-state index in [1.54, 1.807) is 18.6 Å². The molecule has 0 aliphatic carbocycles. The molecule has 0 radical (unpaired) electrons. The van der Waals surface area contributed by atoms with Gasteiger partial charge >= 0.3 is 0 Å². The van der Waals surface area contributed by atoms with Crippen LogP contribution in [-0.4, -0.2) is 52.1 Å². The lowest BCUT2D eigenvalue weighted by Crippen LogP contribution is -2.35. The quantitative estimate of drug-likeness (QED) is 0.397. The third-order valence-corrected chi connectivity index (χ3v) is 6.08. The molecule has 0 spiro atoms. The molecule has 4 aromatic rings. The smallest absolute Gasteiger partial charge is 0.255 e. The highest BCUT2D eigenvalue weighted by Gasteiger charge is 2.12. The zero-order valence-corrected chi connectivity index (χ0v) is 20.1. The number of nitrogens with zero attached hydrogens (tertiary/aromatic N) is 4. The number of anilines is 3. The average Bonchev–Trinajstić information content (AvgIpc) is 2.92. The highest BCUT2D eigenvalue weighted by molar-refractivity contribution is 6.04.